The fourth-order valence-corrected chi connectivity index (χ4v) is 8.59. The normalized spacial score (nSPS) is 12.2. The third-order valence-corrected chi connectivity index (χ3v) is 11.2. The smallest absolute Gasteiger partial charge is 0.151 e. The summed E-state index contributed by atoms with van der Waals surface area (Å²) in [6, 6.07) is 65.7. The van der Waals surface area contributed by atoms with Crippen LogP contribution in [0.15, 0.2) is 188 Å². The minimum Gasteiger partial charge on any atom is -0.453 e. The van der Waals surface area contributed by atoms with Gasteiger partial charge in [0.2, 0.25) is 0 Å². The Labute approximate surface area is 325 Å². The van der Waals surface area contributed by atoms with E-state index in [4.69, 9.17) is 4.74 Å². The highest BCUT2D eigenvalue weighted by Crippen LogP contribution is 2.51. The molecule has 0 saturated carbocycles. The molecule has 0 saturated heterocycles. The molecule has 8 aromatic carbocycles. The second kappa shape index (κ2) is 12.6. The van der Waals surface area contributed by atoms with Gasteiger partial charge in [-0.25, -0.2) is 0 Å². The molecule has 0 unspecified atom stereocenters. The van der Waals surface area contributed by atoms with Crippen molar-refractivity contribution in [2.24, 2.45) is 0 Å². The third kappa shape index (κ3) is 5.14. The number of aryl methyl sites for hydroxylation is 2. The molecule has 1 aliphatic heterocycles. The molecule has 0 spiro atoms. The fraction of sp³-hybridized carbons (Fsp3) is 0.0385. The predicted octanol–water partition coefficient (Wildman–Crippen LogP) is 14.3. The molecule has 0 radical (unpaired) electrons. The van der Waals surface area contributed by atoms with Crippen LogP contribution in [-0.2, 0) is 0 Å². The van der Waals surface area contributed by atoms with E-state index >= 15 is 0 Å². The molecule has 0 bridgehead atoms. The minimum atomic E-state index is 0.861. The Morgan fingerprint density at radius 3 is 1.70 bits per heavy atom. The Morgan fingerprint density at radius 1 is 0.393 bits per heavy atom. The van der Waals surface area contributed by atoms with E-state index in [9.17, 15) is 0 Å². The van der Waals surface area contributed by atoms with Crippen LogP contribution < -0.4 is 9.64 Å². The molecule has 266 valence electrons. The van der Waals surface area contributed by atoms with Gasteiger partial charge in [-0.1, -0.05) is 103 Å². The van der Waals surface area contributed by atoms with Crippen molar-refractivity contribution in [3.63, 3.8) is 0 Å². The van der Waals surface area contributed by atoms with Gasteiger partial charge in [-0.05, 0) is 126 Å². The first-order valence-corrected chi connectivity index (χ1v) is 19.2. The van der Waals surface area contributed by atoms with Crippen LogP contribution in [0.25, 0.3) is 66.3 Å². The molecule has 1 aliphatic rings. The second-order valence-electron chi connectivity index (χ2n) is 14.8. The standard InChI is InChI=1S/C52H37N3O/c1-34-20-23-48-50(28-34)56-51-29-35(2)21-24-49(51)54(48)40-16-11-17-41(33-40)55-47-19-10-9-18-43(47)44-22-25-46-45(52(44)55)26-27-53(46)42-31-38(36-12-5-3-6-13-36)30-39(32-42)37-14-7-4-8-15-37/h3-33H,1-2H3. The highest BCUT2D eigenvalue weighted by Gasteiger charge is 2.27. The molecule has 0 aliphatic carbocycles. The summed E-state index contributed by atoms with van der Waals surface area (Å²) >= 11 is 0. The van der Waals surface area contributed by atoms with E-state index in [1.807, 2.05) is 0 Å². The van der Waals surface area contributed by atoms with Crippen LogP contribution in [0.1, 0.15) is 11.1 Å². The van der Waals surface area contributed by atoms with Crippen LogP contribution in [0, 0.1) is 13.8 Å². The predicted molar refractivity (Wildman–Crippen MR) is 233 cm³/mol. The number of para-hydroxylation sites is 1. The molecule has 0 atom stereocenters. The van der Waals surface area contributed by atoms with Crippen LogP contribution >= 0.6 is 0 Å². The largest absolute Gasteiger partial charge is 0.453 e. The van der Waals surface area contributed by atoms with Crippen molar-refractivity contribution in [1.82, 2.24) is 9.13 Å². The first-order valence-electron chi connectivity index (χ1n) is 19.2. The number of ether oxygens (including phenoxy) is 1. The van der Waals surface area contributed by atoms with Gasteiger partial charge in [0.1, 0.15) is 0 Å². The summed E-state index contributed by atoms with van der Waals surface area (Å²) in [5.41, 5.74) is 16.0. The van der Waals surface area contributed by atoms with Crippen molar-refractivity contribution >= 4 is 49.8 Å². The van der Waals surface area contributed by atoms with Crippen LogP contribution in [-0.4, -0.2) is 9.13 Å². The molecule has 56 heavy (non-hydrogen) atoms. The number of anilines is 3. The summed E-state index contributed by atoms with van der Waals surface area (Å²) in [6.07, 6.45) is 2.23. The number of hydrogen-bond acceptors (Lipinski definition) is 2. The molecular weight excluding hydrogens is 683 g/mol. The maximum atomic E-state index is 6.51. The van der Waals surface area contributed by atoms with E-state index in [1.165, 1.54) is 49.4 Å². The van der Waals surface area contributed by atoms with Gasteiger partial charge in [0, 0.05) is 39.4 Å². The molecule has 0 amide bonds. The summed E-state index contributed by atoms with van der Waals surface area (Å²) < 4.78 is 11.3. The number of rotatable bonds is 5. The van der Waals surface area contributed by atoms with Gasteiger partial charge < -0.3 is 18.8 Å². The van der Waals surface area contributed by atoms with E-state index in [0.717, 1.165) is 56.6 Å². The summed E-state index contributed by atoms with van der Waals surface area (Å²) in [7, 11) is 0. The molecule has 0 fully saturated rings. The van der Waals surface area contributed by atoms with Crippen molar-refractivity contribution in [2.45, 2.75) is 13.8 Å². The minimum absolute atomic E-state index is 0.861. The van der Waals surface area contributed by atoms with E-state index in [-0.39, 0.29) is 0 Å². The fourth-order valence-electron chi connectivity index (χ4n) is 8.59. The molecule has 4 nitrogen and oxygen atoms in total. The van der Waals surface area contributed by atoms with E-state index in [1.54, 1.807) is 0 Å². The van der Waals surface area contributed by atoms with Gasteiger partial charge in [0.15, 0.2) is 11.5 Å². The van der Waals surface area contributed by atoms with Crippen LogP contribution in [0.3, 0.4) is 0 Å². The number of aromatic nitrogens is 2. The van der Waals surface area contributed by atoms with Gasteiger partial charge in [-0.3, -0.25) is 0 Å². The maximum absolute atomic E-state index is 6.51. The van der Waals surface area contributed by atoms with Gasteiger partial charge in [-0.15, -0.1) is 0 Å². The Bertz CT molecular complexity index is 3030. The average molecular weight is 720 g/mol. The van der Waals surface area contributed by atoms with Crippen molar-refractivity contribution in [3.8, 4) is 45.1 Å². The Morgan fingerprint density at radius 2 is 1.02 bits per heavy atom. The van der Waals surface area contributed by atoms with Crippen LogP contribution in [0.4, 0.5) is 17.1 Å². The molecule has 2 aromatic heterocycles. The molecule has 0 N–H and O–H groups in total. The zero-order chi connectivity index (χ0) is 37.3. The SMILES string of the molecule is Cc1ccc2c(c1)Oc1cc(C)ccc1N2c1cccc(-n2c3ccccc3c3ccc4c(ccn4-c4cc(-c5ccccc5)cc(-c5ccccc5)c4)c32)c1. The first-order chi connectivity index (χ1) is 27.6. The molecule has 11 rings (SSSR count). The summed E-state index contributed by atoms with van der Waals surface area (Å²) in [4.78, 5) is 2.33. The maximum Gasteiger partial charge on any atom is 0.151 e. The first kappa shape index (κ1) is 32.2. The highest BCUT2D eigenvalue weighted by molar-refractivity contribution is 6.18. The zero-order valence-corrected chi connectivity index (χ0v) is 31.1. The van der Waals surface area contributed by atoms with Gasteiger partial charge >= 0.3 is 0 Å². The Kier molecular flexibility index (Phi) is 7.26. The van der Waals surface area contributed by atoms with Crippen molar-refractivity contribution in [2.75, 3.05) is 4.90 Å². The number of hydrogen-bond donors (Lipinski definition) is 0. The van der Waals surface area contributed by atoms with Crippen molar-refractivity contribution in [3.05, 3.63) is 199 Å². The molecule has 4 heteroatoms. The van der Waals surface area contributed by atoms with Gasteiger partial charge in [0.05, 0.1) is 27.9 Å². The second-order valence-corrected chi connectivity index (χ2v) is 14.8. The van der Waals surface area contributed by atoms with Crippen LogP contribution in [0.2, 0.25) is 0 Å². The number of nitrogens with zero attached hydrogens (tertiary/aromatic N) is 3. The summed E-state index contributed by atoms with van der Waals surface area (Å²) in [5.74, 6) is 1.72. The highest BCUT2D eigenvalue weighted by atomic mass is 16.5. The molecular formula is C52H37N3O. The van der Waals surface area contributed by atoms with Crippen LogP contribution in [0.5, 0.6) is 11.5 Å². The van der Waals surface area contributed by atoms with E-state index in [2.05, 4.69) is 216 Å². The summed E-state index contributed by atoms with van der Waals surface area (Å²) in [5, 5.41) is 3.66. The monoisotopic (exact) mass is 719 g/mol. The quantitative estimate of drug-likeness (QED) is 0.177. The van der Waals surface area contributed by atoms with Gasteiger partial charge in [0.25, 0.3) is 0 Å². The zero-order valence-electron chi connectivity index (χ0n) is 31.1. The lowest BCUT2D eigenvalue weighted by molar-refractivity contribution is 0.476. The topological polar surface area (TPSA) is 22.3 Å². The number of benzene rings is 8. The van der Waals surface area contributed by atoms with Crippen molar-refractivity contribution in [1.29, 1.82) is 0 Å². The molecule has 10 aromatic rings. The summed E-state index contributed by atoms with van der Waals surface area (Å²) in [6.45, 7) is 4.22. The lowest BCUT2D eigenvalue weighted by atomic mass is 9.98. The third-order valence-electron chi connectivity index (χ3n) is 11.2. The van der Waals surface area contributed by atoms with E-state index < -0.39 is 0 Å². The van der Waals surface area contributed by atoms with Crippen molar-refractivity contribution < 1.29 is 4.74 Å². The molecule has 3 heterocycles. The lowest BCUT2D eigenvalue weighted by Gasteiger charge is -2.33. The Hall–Kier alpha value is -7.30. The lowest BCUT2D eigenvalue weighted by Crippen LogP contribution is -2.16. The number of fused-ring (bicyclic) bond motifs is 7. The van der Waals surface area contributed by atoms with Gasteiger partial charge in [-0.2, -0.15) is 0 Å². The Balaban J connectivity index is 1.12. The average Bonchev–Trinajstić information content (AvgIpc) is 3.83. The van der Waals surface area contributed by atoms with E-state index in [0.29, 0.717) is 0 Å².